The first-order chi connectivity index (χ1) is 9.13. The normalized spacial score (nSPS) is 12.2. The molecule has 0 saturated heterocycles. The van der Waals surface area contributed by atoms with Crippen LogP contribution in [0.5, 0.6) is 11.5 Å². The van der Waals surface area contributed by atoms with Gasteiger partial charge >= 0.3 is 0 Å². The van der Waals surface area contributed by atoms with Crippen molar-refractivity contribution in [2.24, 2.45) is 0 Å². The van der Waals surface area contributed by atoms with Crippen LogP contribution in [0, 0.1) is 0 Å². The van der Waals surface area contributed by atoms with Crippen molar-refractivity contribution in [1.29, 1.82) is 0 Å². The smallest absolute Gasteiger partial charge is 0.165 e. The Balaban J connectivity index is 3.00. The van der Waals surface area contributed by atoms with Gasteiger partial charge in [0.2, 0.25) is 0 Å². The number of aromatic hydroxyl groups is 1. The van der Waals surface area contributed by atoms with Gasteiger partial charge < -0.3 is 14.6 Å². The highest BCUT2D eigenvalue weighted by Gasteiger charge is 2.20. The number of rotatable bonds is 8. The molecule has 19 heavy (non-hydrogen) atoms. The molecule has 1 unspecified atom stereocenters. The molecule has 0 heterocycles. The predicted octanol–water partition coefficient (Wildman–Crippen LogP) is 3.24. The second kappa shape index (κ2) is 7.79. The van der Waals surface area contributed by atoms with Gasteiger partial charge in [0.25, 0.3) is 0 Å². The summed E-state index contributed by atoms with van der Waals surface area (Å²) in [5.41, 5.74) is 0.724. The van der Waals surface area contributed by atoms with Crippen LogP contribution in [0.3, 0.4) is 0 Å². The van der Waals surface area contributed by atoms with E-state index in [1.165, 1.54) is 6.07 Å². The van der Waals surface area contributed by atoms with Gasteiger partial charge in [-0.15, -0.1) is 0 Å². The maximum absolute atomic E-state index is 11.9. The zero-order valence-corrected chi connectivity index (χ0v) is 11.8. The monoisotopic (exact) mass is 266 g/mol. The summed E-state index contributed by atoms with van der Waals surface area (Å²) in [4.78, 5) is 11.9. The number of hydrogen-bond acceptors (Lipinski definition) is 4. The summed E-state index contributed by atoms with van der Waals surface area (Å²) in [7, 11) is 0. The van der Waals surface area contributed by atoms with Gasteiger partial charge in [0.05, 0.1) is 6.61 Å². The van der Waals surface area contributed by atoms with E-state index in [9.17, 15) is 9.90 Å². The molecule has 1 atom stereocenters. The fourth-order valence-electron chi connectivity index (χ4n) is 1.76. The predicted molar refractivity (Wildman–Crippen MR) is 73.6 cm³/mol. The standard InChI is InChI=1S/C15H22O4/c1-4-9-19-15(12(16)5-2)11-7-8-13(17)14(10-11)18-6-3/h7-8,10,15,17H,4-6,9H2,1-3H3. The minimum absolute atomic E-state index is 0.0292. The van der Waals surface area contributed by atoms with Crippen molar-refractivity contribution in [3.63, 3.8) is 0 Å². The Bertz CT molecular complexity index is 415. The number of phenols is 1. The van der Waals surface area contributed by atoms with E-state index in [4.69, 9.17) is 9.47 Å². The first-order valence-corrected chi connectivity index (χ1v) is 6.74. The lowest BCUT2D eigenvalue weighted by Gasteiger charge is -2.17. The maximum Gasteiger partial charge on any atom is 0.165 e. The molecule has 0 aliphatic heterocycles. The quantitative estimate of drug-likeness (QED) is 0.784. The molecule has 0 radical (unpaired) electrons. The van der Waals surface area contributed by atoms with Gasteiger partial charge in [-0.2, -0.15) is 0 Å². The molecule has 4 heteroatoms. The molecule has 1 N–H and O–H groups in total. The van der Waals surface area contributed by atoms with Crippen molar-refractivity contribution in [1.82, 2.24) is 0 Å². The number of ether oxygens (including phenoxy) is 2. The van der Waals surface area contributed by atoms with Crippen LogP contribution >= 0.6 is 0 Å². The first-order valence-electron chi connectivity index (χ1n) is 6.74. The minimum Gasteiger partial charge on any atom is -0.504 e. The lowest BCUT2D eigenvalue weighted by molar-refractivity contribution is -0.130. The molecule has 0 aliphatic carbocycles. The first kappa shape index (κ1) is 15.5. The maximum atomic E-state index is 11.9. The Labute approximate surface area is 114 Å². The summed E-state index contributed by atoms with van der Waals surface area (Å²) in [6.45, 7) is 6.64. The van der Waals surface area contributed by atoms with Crippen molar-refractivity contribution >= 4 is 5.78 Å². The van der Waals surface area contributed by atoms with Crippen LogP contribution in [0.2, 0.25) is 0 Å². The Morgan fingerprint density at radius 1 is 1.32 bits per heavy atom. The Morgan fingerprint density at radius 2 is 2.05 bits per heavy atom. The summed E-state index contributed by atoms with van der Waals surface area (Å²) >= 11 is 0. The SMILES string of the molecule is CCCOC(C(=O)CC)c1ccc(O)c(OCC)c1. The number of phenolic OH excluding ortho intramolecular Hbond substituents is 1. The molecule has 0 fully saturated rings. The highest BCUT2D eigenvalue weighted by Crippen LogP contribution is 2.31. The molecule has 1 aromatic carbocycles. The number of Topliss-reactive ketones (excluding diaryl/α,β-unsaturated/α-hetero) is 1. The molecule has 0 spiro atoms. The van der Waals surface area contributed by atoms with Crippen LogP contribution in [-0.2, 0) is 9.53 Å². The van der Waals surface area contributed by atoms with Gasteiger partial charge in [0, 0.05) is 13.0 Å². The lowest BCUT2D eigenvalue weighted by atomic mass is 10.0. The van der Waals surface area contributed by atoms with Crippen molar-refractivity contribution in [3.05, 3.63) is 23.8 Å². The zero-order chi connectivity index (χ0) is 14.3. The highest BCUT2D eigenvalue weighted by atomic mass is 16.5. The lowest BCUT2D eigenvalue weighted by Crippen LogP contribution is -2.16. The number of benzene rings is 1. The second-order valence-corrected chi connectivity index (χ2v) is 4.23. The highest BCUT2D eigenvalue weighted by molar-refractivity contribution is 5.84. The van der Waals surface area contributed by atoms with Crippen molar-refractivity contribution in [2.45, 2.75) is 39.7 Å². The third kappa shape index (κ3) is 4.24. The minimum atomic E-state index is -0.579. The largest absolute Gasteiger partial charge is 0.504 e. The molecule has 0 saturated carbocycles. The van der Waals surface area contributed by atoms with Gasteiger partial charge in [-0.3, -0.25) is 4.79 Å². The summed E-state index contributed by atoms with van der Waals surface area (Å²) in [5.74, 6) is 0.486. The van der Waals surface area contributed by atoms with Crippen LogP contribution in [0.4, 0.5) is 0 Å². The third-order valence-electron chi connectivity index (χ3n) is 2.72. The van der Waals surface area contributed by atoms with E-state index >= 15 is 0 Å². The van der Waals surface area contributed by atoms with E-state index in [2.05, 4.69) is 0 Å². The Hall–Kier alpha value is -1.55. The number of carbonyl (C=O) groups excluding carboxylic acids is 1. The third-order valence-corrected chi connectivity index (χ3v) is 2.72. The van der Waals surface area contributed by atoms with Crippen molar-refractivity contribution in [3.8, 4) is 11.5 Å². The molecule has 0 aromatic heterocycles. The van der Waals surface area contributed by atoms with Crippen molar-refractivity contribution < 1.29 is 19.4 Å². The molecule has 0 aliphatic rings. The average molecular weight is 266 g/mol. The summed E-state index contributed by atoms with van der Waals surface area (Å²) in [6, 6.07) is 4.91. The molecule has 106 valence electrons. The molecular weight excluding hydrogens is 244 g/mol. The molecule has 1 rings (SSSR count). The fourth-order valence-corrected chi connectivity index (χ4v) is 1.76. The van der Waals surface area contributed by atoms with Crippen molar-refractivity contribution in [2.75, 3.05) is 13.2 Å². The van der Waals surface area contributed by atoms with Gasteiger partial charge in [-0.1, -0.05) is 19.9 Å². The molecular formula is C15H22O4. The topological polar surface area (TPSA) is 55.8 Å². The zero-order valence-electron chi connectivity index (χ0n) is 11.8. The molecule has 1 aromatic rings. The van der Waals surface area contributed by atoms with E-state index < -0.39 is 6.10 Å². The summed E-state index contributed by atoms with van der Waals surface area (Å²) in [6.07, 6.45) is 0.688. The molecule has 0 bridgehead atoms. The molecule has 0 amide bonds. The Kier molecular flexibility index (Phi) is 6.36. The second-order valence-electron chi connectivity index (χ2n) is 4.23. The van der Waals surface area contributed by atoms with Gasteiger partial charge in [0.1, 0.15) is 6.10 Å². The summed E-state index contributed by atoms with van der Waals surface area (Å²) in [5, 5.41) is 9.67. The van der Waals surface area contributed by atoms with Crippen LogP contribution in [-0.4, -0.2) is 24.1 Å². The van der Waals surface area contributed by atoms with E-state index in [1.807, 2.05) is 20.8 Å². The van der Waals surface area contributed by atoms with Crippen LogP contribution in [0.1, 0.15) is 45.3 Å². The van der Waals surface area contributed by atoms with E-state index in [0.717, 1.165) is 12.0 Å². The molecule has 4 nitrogen and oxygen atoms in total. The number of hydrogen-bond donors (Lipinski definition) is 1. The fraction of sp³-hybridized carbons (Fsp3) is 0.533. The van der Waals surface area contributed by atoms with Crippen LogP contribution in [0.25, 0.3) is 0 Å². The van der Waals surface area contributed by atoms with Gasteiger partial charge in [-0.05, 0) is 31.0 Å². The summed E-state index contributed by atoms with van der Waals surface area (Å²) < 4.78 is 10.9. The Morgan fingerprint density at radius 3 is 2.63 bits per heavy atom. The van der Waals surface area contributed by atoms with Crippen LogP contribution in [0.15, 0.2) is 18.2 Å². The number of ketones is 1. The number of carbonyl (C=O) groups is 1. The van der Waals surface area contributed by atoms with E-state index in [-0.39, 0.29) is 11.5 Å². The average Bonchev–Trinajstić information content (AvgIpc) is 2.42. The van der Waals surface area contributed by atoms with E-state index in [1.54, 1.807) is 12.1 Å². The van der Waals surface area contributed by atoms with E-state index in [0.29, 0.717) is 25.4 Å². The van der Waals surface area contributed by atoms with Gasteiger partial charge in [-0.25, -0.2) is 0 Å². The van der Waals surface area contributed by atoms with Gasteiger partial charge in [0.15, 0.2) is 17.3 Å². The van der Waals surface area contributed by atoms with Crippen LogP contribution < -0.4 is 4.74 Å².